The van der Waals surface area contributed by atoms with Crippen LogP contribution in [0.4, 0.5) is 0 Å². The molecule has 0 spiro atoms. The van der Waals surface area contributed by atoms with Crippen LogP contribution in [-0.4, -0.2) is 40.0 Å². The van der Waals surface area contributed by atoms with E-state index in [9.17, 15) is 9.59 Å². The van der Waals surface area contributed by atoms with E-state index in [1.807, 2.05) is 54.8 Å². The molecule has 4 aromatic rings. The number of carbonyl (C=O) groups is 1. The second kappa shape index (κ2) is 10.5. The van der Waals surface area contributed by atoms with E-state index in [1.54, 1.807) is 10.9 Å². The van der Waals surface area contributed by atoms with Crippen LogP contribution in [-0.2, 0) is 11.3 Å². The van der Waals surface area contributed by atoms with Crippen molar-refractivity contribution in [3.8, 4) is 11.1 Å². The predicted octanol–water partition coefficient (Wildman–Crippen LogP) is 4.78. The van der Waals surface area contributed by atoms with Gasteiger partial charge in [-0.05, 0) is 44.0 Å². The Morgan fingerprint density at radius 2 is 1.83 bits per heavy atom. The summed E-state index contributed by atoms with van der Waals surface area (Å²) in [5.41, 5.74) is 4.21. The van der Waals surface area contributed by atoms with Crippen LogP contribution in [0, 0.1) is 6.92 Å². The Labute approximate surface area is 209 Å². The number of fused-ring (bicyclic) bond motifs is 1. The van der Waals surface area contributed by atoms with Crippen molar-refractivity contribution in [3.63, 3.8) is 0 Å². The van der Waals surface area contributed by atoms with E-state index in [4.69, 9.17) is 0 Å². The highest BCUT2D eigenvalue weighted by Gasteiger charge is 2.23. The van der Waals surface area contributed by atoms with Crippen LogP contribution >= 0.6 is 11.3 Å². The predicted molar refractivity (Wildman–Crippen MR) is 142 cm³/mol. The second-order valence-corrected chi connectivity index (χ2v) is 10.0. The summed E-state index contributed by atoms with van der Waals surface area (Å²) in [5, 5.41) is 5.72. The van der Waals surface area contributed by atoms with Crippen molar-refractivity contribution in [3.05, 3.63) is 87.8 Å². The maximum Gasteiger partial charge on any atom is 0.262 e. The van der Waals surface area contributed by atoms with Crippen molar-refractivity contribution in [1.29, 1.82) is 0 Å². The Bertz CT molecular complexity index is 1360. The lowest BCUT2D eigenvalue weighted by Crippen LogP contribution is -2.37. The minimum absolute atomic E-state index is 0.0544. The zero-order valence-electron chi connectivity index (χ0n) is 19.9. The van der Waals surface area contributed by atoms with Crippen LogP contribution in [0.25, 0.3) is 21.3 Å². The molecule has 0 saturated carbocycles. The molecule has 2 aromatic carbocycles. The molecule has 1 amide bonds. The van der Waals surface area contributed by atoms with Gasteiger partial charge in [0, 0.05) is 30.5 Å². The molecule has 5 rings (SSSR count). The number of likely N-dealkylation sites (tertiary alicyclic amines) is 1. The van der Waals surface area contributed by atoms with Gasteiger partial charge < -0.3 is 5.32 Å². The third-order valence-electron chi connectivity index (χ3n) is 6.76. The number of thiophene rings is 1. The number of benzene rings is 2. The van der Waals surface area contributed by atoms with Gasteiger partial charge in [-0.2, -0.15) is 0 Å². The van der Waals surface area contributed by atoms with E-state index in [-0.39, 0.29) is 23.9 Å². The monoisotopic (exact) mass is 486 g/mol. The molecule has 0 bridgehead atoms. The summed E-state index contributed by atoms with van der Waals surface area (Å²) in [5.74, 6) is -0.0544. The van der Waals surface area contributed by atoms with Gasteiger partial charge in [0.05, 0.1) is 17.8 Å². The minimum atomic E-state index is -0.0983. The van der Waals surface area contributed by atoms with Gasteiger partial charge in [-0.25, -0.2) is 4.98 Å². The fraction of sp³-hybridized carbons (Fsp3) is 0.321. The fourth-order valence-electron chi connectivity index (χ4n) is 4.78. The molecular formula is C28H30N4O2S. The molecule has 7 heteroatoms. The first kappa shape index (κ1) is 23.5. The van der Waals surface area contributed by atoms with Crippen molar-refractivity contribution in [2.24, 2.45) is 0 Å². The SMILES string of the molecule is Cc1ccc(-c2csc3ncn(CCC(=O)NC[C@@H](c4ccccc4)N4CCCC4)c(=O)c23)cc1. The number of hydrogen-bond acceptors (Lipinski definition) is 5. The molecule has 1 fully saturated rings. The third-order valence-corrected chi connectivity index (χ3v) is 7.65. The van der Waals surface area contributed by atoms with E-state index in [0.29, 0.717) is 18.5 Å². The Hall–Kier alpha value is -3.29. The summed E-state index contributed by atoms with van der Waals surface area (Å²) in [6.07, 6.45) is 4.19. The summed E-state index contributed by atoms with van der Waals surface area (Å²) < 4.78 is 1.56. The number of nitrogens with one attached hydrogen (secondary N) is 1. The molecule has 3 heterocycles. The van der Waals surface area contributed by atoms with Crippen LogP contribution in [0.5, 0.6) is 0 Å². The van der Waals surface area contributed by atoms with Crippen molar-refractivity contribution < 1.29 is 4.79 Å². The van der Waals surface area contributed by atoms with Gasteiger partial charge in [0.1, 0.15) is 4.83 Å². The Balaban J connectivity index is 1.27. The van der Waals surface area contributed by atoms with Crippen molar-refractivity contribution >= 4 is 27.5 Å². The first-order valence-electron chi connectivity index (χ1n) is 12.2. The Kier molecular flexibility index (Phi) is 7.06. The number of aromatic nitrogens is 2. The van der Waals surface area contributed by atoms with Crippen molar-refractivity contribution in [2.45, 2.75) is 38.8 Å². The van der Waals surface area contributed by atoms with Gasteiger partial charge in [-0.15, -0.1) is 11.3 Å². The summed E-state index contributed by atoms with van der Waals surface area (Å²) in [6.45, 7) is 5.02. The number of hydrogen-bond donors (Lipinski definition) is 1. The minimum Gasteiger partial charge on any atom is -0.354 e. The molecule has 180 valence electrons. The van der Waals surface area contributed by atoms with Crippen LogP contribution < -0.4 is 10.9 Å². The lowest BCUT2D eigenvalue weighted by molar-refractivity contribution is -0.121. The van der Waals surface area contributed by atoms with Crippen LogP contribution in [0.1, 0.15) is 36.4 Å². The maximum absolute atomic E-state index is 13.3. The molecule has 0 aliphatic carbocycles. The summed E-state index contributed by atoms with van der Waals surface area (Å²) in [7, 11) is 0. The highest BCUT2D eigenvalue weighted by molar-refractivity contribution is 7.17. The van der Waals surface area contributed by atoms with E-state index in [0.717, 1.165) is 29.0 Å². The molecule has 1 aliphatic heterocycles. The van der Waals surface area contributed by atoms with E-state index in [2.05, 4.69) is 27.3 Å². The molecule has 1 aliphatic rings. The van der Waals surface area contributed by atoms with Crippen LogP contribution in [0.3, 0.4) is 0 Å². The Morgan fingerprint density at radius 3 is 2.57 bits per heavy atom. The van der Waals surface area contributed by atoms with Gasteiger partial charge in [0.15, 0.2) is 0 Å². The Morgan fingerprint density at radius 1 is 1.09 bits per heavy atom. The zero-order valence-corrected chi connectivity index (χ0v) is 20.8. The third kappa shape index (κ3) is 5.21. The van der Waals surface area contributed by atoms with Gasteiger partial charge in [0.25, 0.3) is 5.56 Å². The normalized spacial score (nSPS) is 14.9. The molecule has 0 radical (unpaired) electrons. The van der Waals surface area contributed by atoms with Crippen LogP contribution in [0.2, 0.25) is 0 Å². The lowest BCUT2D eigenvalue weighted by Gasteiger charge is -2.28. The number of aryl methyl sites for hydroxylation is 2. The lowest BCUT2D eigenvalue weighted by atomic mass is 10.1. The molecule has 1 N–H and O–H groups in total. The van der Waals surface area contributed by atoms with Crippen molar-refractivity contribution in [1.82, 2.24) is 19.8 Å². The molecular weight excluding hydrogens is 456 g/mol. The quantitative estimate of drug-likeness (QED) is 0.389. The average molecular weight is 487 g/mol. The van der Waals surface area contributed by atoms with Gasteiger partial charge >= 0.3 is 0 Å². The molecule has 2 aromatic heterocycles. The fourth-order valence-corrected chi connectivity index (χ4v) is 5.69. The standard InChI is InChI=1S/C28H30N4O2S/c1-20-9-11-21(12-10-20)23-18-35-27-26(23)28(34)32(19-30-27)16-13-25(33)29-17-24(31-14-5-6-15-31)22-7-3-2-4-8-22/h2-4,7-12,18-19,24H,5-6,13-17H2,1H3,(H,29,33)/t24-/m0/s1. The van der Waals surface area contributed by atoms with E-state index in [1.165, 1.54) is 35.3 Å². The first-order chi connectivity index (χ1) is 17.1. The number of rotatable bonds is 8. The van der Waals surface area contributed by atoms with E-state index < -0.39 is 0 Å². The molecule has 1 atom stereocenters. The smallest absolute Gasteiger partial charge is 0.262 e. The topological polar surface area (TPSA) is 67.2 Å². The summed E-state index contributed by atoms with van der Waals surface area (Å²) in [6, 6.07) is 18.7. The van der Waals surface area contributed by atoms with Crippen molar-refractivity contribution in [2.75, 3.05) is 19.6 Å². The van der Waals surface area contributed by atoms with Gasteiger partial charge in [-0.1, -0.05) is 60.2 Å². The summed E-state index contributed by atoms with van der Waals surface area (Å²) >= 11 is 1.47. The molecule has 1 saturated heterocycles. The van der Waals surface area contributed by atoms with Crippen LogP contribution in [0.15, 0.2) is 71.1 Å². The number of carbonyl (C=O) groups excluding carboxylic acids is 1. The maximum atomic E-state index is 13.3. The molecule has 6 nitrogen and oxygen atoms in total. The van der Waals surface area contributed by atoms with E-state index >= 15 is 0 Å². The number of nitrogens with zero attached hydrogens (tertiary/aromatic N) is 3. The van der Waals surface area contributed by atoms with Gasteiger partial charge in [0.2, 0.25) is 5.91 Å². The number of amides is 1. The molecule has 35 heavy (non-hydrogen) atoms. The largest absolute Gasteiger partial charge is 0.354 e. The average Bonchev–Trinajstić information content (AvgIpc) is 3.56. The first-order valence-corrected chi connectivity index (χ1v) is 13.1. The van der Waals surface area contributed by atoms with Gasteiger partial charge in [-0.3, -0.25) is 19.1 Å². The summed E-state index contributed by atoms with van der Waals surface area (Å²) in [4.78, 5) is 33.7. The highest BCUT2D eigenvalue weighted by atomic mass is 32.1. The molecule has 0 unspecified atom stereocenters. The zero-order chi connectivity index (χ0) is 24.2. The second-order valence-electron chi connectivity index (χ2n) is 9.16. The highest BCUT2D eigenvalue weighted by Crippen LogP contribution is 2.30.